The maximum atomic E-state index is 14.8. The average molecular weight is 2050 g/mol. The van der Waals surface area contributed by atoms with Crippen LogP contribution >= 0.6 is 0 Å². The minimum atomic E-state index is -2.21. The molecule has 9 heterocycles. The molecule has 0 aromatic rings. The summed E-state index contributed by atoms with van der Waals surface area (Å²) >= 11 is 0. The third-order valence-corrected chi connectivity index (χ3v) is 39.4. The van der Waals surface area contributed by atoms with E-state index in [0.717, 1.165) is 76.2 Å². The third-order valence-electron chi connectivity index (χ3n) is 39.4. The maximum Gasteiger partial charge on any atom is 0.335 e. The van der Waals surface area contributed by atoms with Gasteiger partial charge in [0.1, 0.15) is 153 Å². The van der Waals surface area contributed by atoms with Crippen LogP contribution in [0, 0.1) is 102 Å². The first-order valence-electron chi connectivity index (χ1n) is 51.2. The molecule has 18 rings (SSSR count). The summed E-state index contributed by atoms with van der Waals surface area (Å²) in [5.74, 6) is -4.08. The SMILES string of the molecule is CC1(C)[C@@H](O[C@H]2O[C@H](C(=O)O)[C@@H](O)[C@H](O)[C@H]2O[C@@H]2O[C@H](C(=O)O)[C@@H](O)[C@H](O)[C@H]2O)CC[C@]2(C)[C@H]3C(=O)C=C4[C@@H]5C[C@@](C)(C(=O)O)CC[C@]5(C)CC[C@@]4(C)[C@]3(C)CC[C@@H]12.C[C@@H]1CC[C@@]2(OC1)O[C@H]1[C@@H](O)[C@H]3[C@@H]4CC[C@H]5C[C@@H](O[C@@H]6O[C@H](CO)[C@H](O[C@@H]7O[C@H](CO)C(O)[C@H](O[C@@H]8OC[C@@H](O)[C@H](O)[C@H]8O)[C@H]7O[C@@H]7O[C@H](CO)[C@H](O)[C@H](O[C@@H]8O[C@H](CO)[C@@H](O)[C@H](O)[C@H]8O)[C@H]7O)[C@H](O)[C@H]6O)[C@H](O)C[C@]5(C)[C@H]4CC[C@]3(C)[C@H]1[C@@H]2C. The van der Waals surface area contributed by atoms with Crippen molar-refractivity contribution in [1.82, 2.24) is 0 Å². The molecular weight excluding hydrogens is 1900 g/mol. The molecule has 0 radical (unpaired) electrons. The average Bonchev–Trinajstić information content (AvgIpc) is 1.66. The van der Waals surface area contributed by atoms with Crippen molar-refractivity contribution in [2.24, 2.45) is 102 Å². The molecule has 0 aromatic carbocycles. The van der Waals surface area contributed by atoms with Gasteiger partial charge in [0.15, 0.2) is 67.8 Å². The predicted molar refractivity (Wildman–Crippen MR) is 477 cm³/mol. The monoisotopic (exact) mass is 2050 g/mol. The molecule has 8 saturated carbocycles. The second-order valence-electron chi connectivity index (χ2n) is 47.6. The lowest BCUT2D eigenvalue weighted by Crippen LogP contribution is -2.69. The number of hydrogen-bond donors (Lipinski definition) is 25. The van der Waals surface area contributed by atoms with E-state index in [1.165, 1.54) is 0 Å². The van der Waals surface area contributed by atoms with Gasteiger partial charge in [0.2, 0.25) is 0 Å². The van der Waals surface area contributed by atoms with Gasteiger partial charge in [-0.1, -0.05) is 74.8 Å². The molecule has 9 saturated heterocycles. The fraction of sp³-hybridized carbons (Fsp3) is 0.939. The molecule has 9 aliphatic heterocycles. The molecule has 0 amide bonds. The molecule has 25 N–H and O–H groups in total. The fourth-order valence-corrected chi connectivity index (χ4v) is 30.8. The first-order chi connectivity index (χ1) is 67.1. The van der Waals surface area contributed by atoms with E-state index in [4.69, 9.17) is 75.8 Å². The zero-order chi connectivity index (χ0) is 104. The number of aliphatic carboxylic acids is 3. The van der Waals surface area contributed by atoms with Crippen LogP contribution in [-0.4, -0.2) is 436 Å². The van der Waals surface area contributed by atoms with Crippen LogP contribution < -0.4 is 0 Å². The summed E-state index contributed by atoms with van der Waals surface area (Å²) in [6.07, 6.45) is -54.7. The quantitative estimate of drug-likeness (QED) is 0.0484. The summed E-state index contributed by atoms with van der Waals surface area (Å²) in [6, 6.07) is 0. The van der Waals surface area contributed by atoms with Gasteiger partial charge in [-0.15, -0.1) is 0 Å². The molecule has 143 heavy (non-hydrogen) atoms. The normalized spacial score (nSPS) is 55.8. The Kier molecular flexibility index (Phi) is 31.6. The molecule has 18 aliphatic rings. The van der Waals surface area contributed by atoms with Crippen LogP contribution in [0.5, 0.6) is 0 Å². The molecule has 45 heteroatoms. The maximum absolute atomic E-state index is 14.8. The van der Waals surface area contributed by atoms with E-state index < -0.39 is 312 Å². The number of ketones is 1. The van der Waals surface area contributed by atoms with Crippen LogP contribution in [0.4, 0.5) is 0 Å². The van der Waals surface area contributed by atoms with Gasteiger partial charge in [-0.3, -0.25) is 9.59 Å². The Morgan fingerprint density at radius 1 is 0.420 bits per heavy atom. The lowest BCUT2D eigenvalue weighted by atomic mass is 9.33. The number of aliphatic hydroxyl groups is 22. The van der Waals surface area contributed by atoms with Crippen LogP contribution in [0.25, 0.3) is 0 Å². The Morgan fingerprint density at radius 3 is 1.57 bits per heavy atom. The minimum Gasteiger partial charge on any atom is -0.481 e. The van der Waals surface area contributed by atoms with E-state index in [2.05, 4.69) is 55.4 Å². The van der Waals surface area contributed by atoms with Gasteiger partial charge in [0.25, 0.3) is 0 Å². The highest BCUT2D eigenvalue weighted by Gasteiger charge is 2.76. The number of hydrogen-bond acceptors (Lipinski definition) is 42. The number of aliphatic hydroxyl groups excluding tert-OH is 22. The van der Waals surface area contributed by atoms with Gasteiger partial charge in [0.05, 0.1) is 75.6 Å². The van der Waals surface area contributed by atoms with E-state index in [9.17, 15) is 147 Å². The molecule has 816 valence electrons. The number of carboxylic acids is 3. The summed E-state index contributed by atoms with van der Waals surface area (Å²) in [5, 5.41) is 271. The highest BCUT2D eigenvalue weighted by molar-refractivity contribution is 5.96. The largest absolute Gasteiger partial charge is 0.481 e. The number of rotatable bonds is 21. The van der Waals surface area contributed by atoms with Crippen LogP contribution in [0.3, 0.4) is 0 Å². The van der Waals surface area contributed by atoms with Gasteiger partial charge in [-0.2, -0.15) is 0 Å². The Labute approximate surface area is 827 Å². The Morgan fingerprint density at radius 2 is 0.944 bits per heavy atom. The van der Waals surface area contributed by atoms with Crippen LogP contribution in [0.1, 0.15) is 185 Å². The third kappa shape index (κ3) is 18.5. The van der Waals surface area contributed by atoms with Gasteiger partial charge >= 0.3 is 17.9 Å². The number of carboxylic acid groups (broad SMARTS) is 3. The highest BCUT2D eigenvalue weighted by Crippen LogP contribution is 2.77. The molecular formula is C98H154O45. The number of carbonyl (C=O) groups is 4. The van der Waals surface area contributed by atoms with Crippen molar-refractivity contribution in [2.75, 3.05) is 39.6 Å². The molecule has 57 atom stereocenters. The standard InChI is InChI=1S/C56H92O29.C42H62O16/c1-19-7-10-56(75-17-19)20(2)31-45(85-56)37(67)32-22-6-5-21-11-26(24(61)12-55(21,4)23(22)8-9-54(31,32)3)76-50-42(72)39(69)44(30(16-60)80-50)81-53-48(47(36(66)29(15-59)79-53)83-49-40(70)33(63)25(62)18-74-49)84-52-43(73)46(35(65)28(14-58)78-52)82-51-41(71)38(68)34(64)27(13-57)77-51;1-37(2)21-8-11-42(7)31(20(43)16-18-19-17-39(4,36(53)54)13-12-38(19,3)14-15-41(18,42)6)40(21,5)10-9-22(37)55-35-30(26(47)25(46)29(57-35)33(51)52)58-34-27(48)23(44)24(45)28(56-34)32(49)50/h19-53,57-73H,5-18H2,1-4H3;16,19,21-31,34-35,44-48H,8-15,17H2,1-7H3,(H,49,50)(H,51,52)(H,53,54)/t19-,20+,21+,22-,23+,24-,25-,26-,27-,28-,29-,30-,31+,32-,33+,34-,35+,36?,37+,38+,39-,40-,41-,42-,43-,44+,45-,46+,47+,48-,49+,50-,51+,52+,53+,54-,55+,56-;19-,21-,22-,23-,24-,25-,26-,27+,28-,29-,30+,31+,34-,35-,38+,39-,40-,41+,42+/m10/s1. The minimum absolute atomic E-state index is 0.00749. The lowest BCUT2D eigenvalue weighted by Gasteiger charge is -2.70. The second kappa shape index (κ2) is 41.0. The molecule has 9 aliphatic carbocycles. The first kappa shape index (κ1) is 110. The summed E-state index contributed by atoms with van der Waals surface area (Å²) in [6.45, 7) is 20.1. The molecule has 1 unspecified atom stereocenters. The van der Waals surface area contributed by atoms with E-state index in [-0.39, 0.29) is 86.8 Å². The van der Waals surface area contributed by atoms with Crippen molar-refractivity contribution >= 4 is 23.7 Å². The van der Waals surface area contributed by atoms with Gasteiger partial charge in [-0.05, 0) is 195 Å². The van der Waals surface area contributed by atoms with Crippen LogP contribution in [0.2, 0.25) is 0 Å². The van der Waals surface area contributed by atoms with E-state index in [0.29, 0.717) is 51.0 Å². The second-order valence-corrected chi connectivity index (χ2v) is 47.6. The summed E-state index contributed by atoms with van der Waals surface area (Å²) in [5.41, 5.74) is -2.34. The number of ether oxygens (including phenoxy) is 16. The van der Waals surface area contributed by atoms with Crippen molar-refractivity contribution in [3.63, 3.8) is 0 Å². The summed E-state index contributed by atoms with van der Waals surface area (Å²) in [7, 11) is 0. The summed E-state index contributed by atoms with van der Waals surface area (Å²) in [4.78, 5) is 51.3. The summed E-state index contributed by atoms with van der Waals surface area (Å²) < 4.78 is 96.2. The van der Waals surface area contributed by atoms with Crippen molar-refractivity contribution < 1.29 is 223 Å². The smallest absolute Gasteiger partial charge is 0.335 e. The highest BCUT2D eigenvalue weighted by atomic mass is 16.8. The Balaban J connectivity index is 0.000000211. The number of allylic oxidation sites excluding steroid dienone is 2. The number of fused-ring (bicyclic) bond motifs is 14. The molecule has 0 aromatic heterocycles. The van der Waals surface area contributed by atoms with E-state index in [1.807, 2.05) is 26.8 Å². The Bertz CT molecular complexity index is 4490. The van der Waals surface area contributed by atoms with Crippen LogP contribution in [0.15, 0.2) is 11.6 Å². The van der Waals surface area contributed by atoms with E-state index in [1.54, 1.807) is 0 Å². The topological polar surface area (TPSA) is 722 Å². The van der Waals surface area contributed by atoms with Crippen LogP contribution in [-0.2, 0) is 95.0 Å². The zero-order valence-corrected chi connectivity index (χ0v) is 82.5. The van der Waals surface area contributed by atoms with Crippen molar-refractivity contribution in [3.05, 3.63) is 11.6 Å². The van der Waals surface area contributed by atoms with Crippen molar-refractivity contribution in [2.45, 2.75) is 430 Å². The molecule has 45 nitrogen and oxygen atoms in total. The van der Waals surface area contributed by atoms with Crippen molar-refractivity contribution in [1.29, 1.82) is 0 Å². The van der Waals surface area contributed by atoms with Gasteiger partial charge in [0, 0.05) is 24.2 Å². The predicted octanol–water partition coefficient (Wildman–Crippen LogP) is -4.26. The van der Waals surface area contributed by atoms with E-state index >= 15 is 0 Å². The number of carbonyl (C=O) groups excluding carboxylic acids is 1. The zero-order valence-electron chi connectivity index (χ0n) is 82.5. The molecule has 0 bridgehead atoms. The fourth-order valence-electron chi connectivity index (χ4n) is 30.8. The molecule has 17 fully saturated rings. The first-order valence-corrected chi connectivity index (χ1v) is 51.2. The molecule has 1 spiro atoms. The van der Waals surface area contributed by atoms with Crippen molar-refractivity contribution in [3.8, 4) is 0 Å². The Hall–Kier alpha value is -3.70. The van der Waals surface area contributed by atoms with Gasteiger partial charge < -0.3 is 203 Å². The van der Waals surface area contributed by atoms with Gasteiger partial charge in [-0.25, -0.2) is 9.59 Å². The lowest BCUT2D eigenvalue weighted by molar-refractivity contribution is -0.410.